The van der Waals surface area contributed by atoms with Gasteiger partial charge < -0.3 is 15.2 Å². The standard InChI is InChI=1S/C12H25NO2S/c1-8-5-11(6-9(2)15-8)13-10(3)12(7-14)16-4/h8-14H,5-7H2,1-4H3. The molecule has 3 nitrogen and oxygen atoms in total. The molecule has 1 saturated heterocycles. The second-order valence-electron chi connectivity index (χ2n) is 4.84. The summed E-state index contributed by atoms with van der Waals surface area (Å²) in [5, 5.41) is 13.2. The summed E-state index contributed by atoms with van der Waals surface area (Å²) in [5.74, 6) is 0. The van der Waals surface area contributed by atoms with Gasteiger partial charge >= 0.3 is 0 Å². The van der Waals surface area contributed by atoms with Gasteiger partial charge in [0.15, 0.2) is 0 Å². The predicted octanol–water partition coefficient (Wildman–Crippen LogP) is 1.64. The van der Waals surface area contributed by atoms with Crippen LogP contribution in [0.1, 0.15) is 33.6 Å². The number of hydrogen-bond donors (Lipinski definition) is 2. The number of ether oxygens (including phenoxy) is 1. The molecule has 1 aliphatic heterocycles. The lowest BCUT2D eigenvalue weighted by atomic mass is 9.99. The van der Waals surface area contributed by atoms with E-state index in [2.05, 4.69) is 26.1 Å². The van der Waals surface area contributed by atoms with Gasteiger partial charge in [-0.05, 0) is 39.9 Å². The molecule has 0 radical (unpaired) electrons. The number of aliphatic hydroxyl groups is 1. The first-order chi connectivity index (χ1) is 7.56. The molecule has 0 saturated carbocycles. The van der Waals surface area contributed by atoms with Crippen molar-refractivity contribution in [2.24, 2.45) is 0 Å². The minimum absolute atomic E-state index is 0.240. The summed E-state index contributed by atoms with van der Waals surface area (Å²) in [6, 6.07) is 0.873. The monoisotopic (exact) mass is 247 g/mol. The van der Waals surface area contributed by atoms with Crippen LogP contribution in [0, 0.1) is 0 Å². The highest BCUT2D eigenvalue weighted by Crippen LogP contribution is 2.21. The van der Waals surface area contributed by atoms with Crippen molar-refractivity contribution in [1.82, 2.24) is 5.32 Å². The summed E-state index contributed by atoms with van der Waals surface area (Å²) in [6.07, 6.45) is 4.88. The van der Waals surface area contributed by atoms with E-state index in [0.717, 1.165) is 12.8 Å². The van der Waals surface area contributed by atoms with E-state index in [1.165, 1.54) is 0 Å². The third kappa shape index (κ3) is 4.24. The minimum atomic E-state index is 0.240. The molecular weight excluding hydrogens is 222 g/mol. The van der Waals surface area contributed by atoms with Crippen LogP contribution in [0.4, 0.5) is 0 Å². The van der Waals surface area contributed by atoms with Crippen LogP contribution in [-0.2, 0) is 4.74 Å². The fourth-order valence-electron chi connectivity index (χ4n) is 2.46. The molecule has 96 valence electrons. The summed E-state index contributed by atoms with van der Waals surface area (Å²) < 4.78 is 5.72. The average molecular weight is 247 g/mol. The van der Waals surface area contributed by atoms with Crippen molar-refractivity contribution in [1.29, 1.82) is 0 Å². The molecule has 0 aromatic carbocycles. The second kappa shape index (κ2) is 6.84. The second-order valence-corrected chi connectivity index (χ2v) is 5.91. The summed E-state index contributed by atoms with van der Waals surface area (Å²) in [5.41, 5.74) is 0. The van der Waals surface area contributed by atoms with Crippen molar-refractivity contribution < 1.29 is 9.84 Å². The molecule has 16 heavy (non-hydrogen) atoms. The maximum atomic E-state index is 9.24. The molecule has 4 heteroatoms. The van der Waals surface area contributed by atoms with Crippen LogP contribution >= 0.6 is 11.8 Å². The Balaban J connectivity index is 2.40. The highest BCUT2D eigenvalue weighted by atomic mass is 32.2. The van der Waals surface area contributed by atoms with Gasteiger partial charge in [-0.2, -0.15) is 11.8 Å². The summed E-state index contributed by atoms with van der Waals surface area (Å²) in [7, 11) is 0. The number of aliphatic hydroxyl groups excluding tert-OH is 1. The first-order valence-electron chi connectivity index (χ1n) is 6.12. The molecule has 0 bridgehead atoms. The van der Waals surface area contributed by atoms with E-state index in [1.54, 1.807) is 11.8 Å². The molecule has 1 heterocycles. The number of nitrogens with one attached hydrogen (secondary N) is 1. The van der Waals surface area contributed by atoms with E-state index in [4.69, 9.17) is 4.74 Å². The van der Waals surface area contributed by atoms with Gasteiger partial charge in [0.05, 0.1) is 18.8 Å². The molecule has 0 spiro atoms. The van der Waals surface area contributed by atoms with Crippen LogP contribution < -0.4 is 5.32 Å². The zero-order chi connectivity index (χ0) is 12.1. The lowest BCUT2D eigenvalue weighted by Crippen LogP contribution is -2.48. The molecular formula is C12H25NO2S. The quantitative estimate of drug-likeness (QED) is 0.775. The molecule has 1 aliphatic rings. The van der Waals surface area contributed by atoms with Gasteiger partial charge in [-0.1, -0.05) is 0 Å². The third-order valence-electron chi connectivity index (χ3n) is 3.24. The zero-order valence-electron chi connectivity index (χ0n) is 10.8. The van der Waals surface area contributed by atoms with Crippen molar-refractivity contribution >= 4 is 11.8 Å². The van der Waals surface area contributed by atoms with Crippen LogP contribution in [0.3, 0.4) is 0 Å². The molecule has 4 atom stereocenters. The van der Waals surface area contributed by atoms with Crippen LogP contribution in [0.25, 0.3) is 0 Å². The SMILES string of the molecule is CSC(CO)C(C)NC1CC(C)OC(C)C1. The predicted molar refractivity (Wildman–Crippen MR) is 70.0 cm³/mol. The fraction of sp³-hybridized carbons (Fsp3) is 1.00. The van der Waals surface area contributed by atoms with Gasteiger partial charge in [0.2, 0.25) is 0 Å². The minimum Gasteiger partial charge on any atom is -0.395 e. The van der Waals surface area contributed by atoms with Crippen molar-refractivity contribution in [3.8, 4) is 0 Å². The number of hydrogen-bond acceptors (Lipinski definition) is 4. The number of thioether (sulfide) groups is 1. The Morgan fingerprint density at radius 1 is 1.38 bits per heavy atom. The maximum Gasteiger partial charge on any atom is 0.0565 e. The van der Waals surface area contributed by atoms with Gasteiger partial charge in [0.25, 0.3) is 0 Å². The fourth-order valence-corrected chi connectivity index (χ4v) is 3.09. The summed E-state index contributed by atoms with van der Waals surface area (Å²) in [4.78, 5) is 0. The first kappa shape index (κ1) is 14.3. The van der Waals surface area contributed by atoms with E-state index in [0.29, 0.717) is 24.3 Å². The third-order valence-corrected chi connectivity index (χ3v) is 4.40. The topological polar surface area (TPSA) is 41.5 Å². The normalized spacial score (nSPS) is 34.7. The van der Waals surface area contributed by atoms with Gasteiger partial charge in [-0.25, -0.2) is 0 Å². The Kier molecular flexibility index (Phi) is 6.11. The zero-order valence-corrected chi connectivity index (χ0v) is 11.6. The average Bonchev–Trinajstić information content (AvgIpc) is 2.17. The van der Waals surface area contributed by atoms with Crippen LogP contribution in [0.2, 0.25) is 0 Å². The van der Waals surface area contributed by atoms with Crippen molar-refractivity contribution in [2.75, 3.05) is 12.9 Å². The summed E-state index contributed by atoms with van der Waals surface area (Å²) >= 11 is 1.72. The molecule has 0 aromatic heterocycles. The van der Waals surface area contributed by atoms with Crippen molar-refractivity contribution in [3.05, 3.63) is 0 Å². The van der Waals surface area contributed by atoms with E-state index in [9.17, 15) is 5.11 Å². The molecule has 2 N–H and O–H groups in total. The van der Waals surface area contributed by atoms with Crippen LogP contribution in [-0.4, -0.2) is 47.5 Å². The van der Waals surface area contributed by atoms with Crippen molar-refractivity contribution in [2.45, 2.75) is 63.2 Å². The molecule has 0 aliphatic carbocycles. The summed E-state index contributed by atoms with van der Waals surface area (Å²) in [6.45, 7) is 6.66. The number of rotatable bonds is 5. The molecule has 0 amide bonds. The highest BCUT2D eigenvalue weighted by molar-refractivity contribution is 7.99. The molecule has 1 fully saturated rings. The van der Waals surface area contributed by atoms with Crippen molar-refractivity contribution in [3.63, 3.8) is 0 Å². The van der Waals surface area contributed by atoms with E-state index in [-0.39, 0.29) is 11.9 Å². The Morgan fingerprint density at radius 2 is 1.94 bits per heavy atom. The van der Waals surface area contributed by atoms with E-state index in [1.807, 2.05) is 6.26 Å². The van der Waals surface area contributed by atoms with Gasteiger partial charge in [-0.15, -0.1) is 0 Å². The Hall–Kier alpha value is 0.230. The lowest BCUT2D eigenvalue weighted by Gasteiger charge is -2.35. The molecule has 1 rings (SSSR count). The smallest absolute Gasteiger partial charge is 0.0565 e. The van der Waals surface area contributed by atoms with E-state index < -0.39 is 0 Å². The Bertz CT molecular complexity index is 189. The first-order valence-corrected chi connectivity index (χ1v) is 7.40. The van der Waals surface area contributed by atoms with E-state index >= 15 is 0 Å². The maximum absolute atomic E-state index is 9.24. The van der Waals surface area contributed by atoms with Crippen LogP contribution in [0.15, 0.2) is 0 Å². The Morgan fingerprint density at radius 3 is 2.38 bits per heavy atom. The van der Waals surface area contributed by atoms with Gasteiger partial charge in [0.1, 0.15) is 0 Å². The highest BCUT2D eigenvalue weighted by Gasteiger charge is 2.26. The largest absolute Gasteiger partial charge is 0.395 e. The molecule has 0 aromatic rings. The lowest BCUT2D eigenvalue weighted by molar-refractivity contribution is -0.0434. The van der Waals surface area contributed by atoms with Crippen LogP contribution in [0.5, 0.6) is 0 Å². The van der Waals surface area contributed by atoms with Gasteiger partial charge in [0, 0.05) is 17.3 Å². The van der Waals surface area contributed by atoms with Gasteiger partial charge in [-0.3, -0.25) is 0 Å². The molecule has 4 unspecified atom stereocenters. The Labute approximate surface area is 103 Å².